The maximum atomic E-state index is 14.1. The number of benzene rings is 3. The molecule has 0 bridgehead atoms. The number of carbonyl (C=O) groups is 2. The summed E-state index contributed by atoms with van der Waals surface area (Å²) in [6, 6.07) is 24.9. The van der Waals surface area contributed by atoms with Gasteiger partial charge in [-0.3, -0.25) is 13.9 Å². The van der Waals surface area contributed by atoms with Crippen LogP contribution in [0.1, 0.15) is 36.8 Å². The molecule has 0 unspecified atom stereocenters. The average molecular weight is 564 g/mol. The van der Waals surface area contributed by atoms with Gasteiger partial charge >= 0.3 is 0 Å². The highest BCUT2D eigenvalue weighted by Gasteiger charge is 2.34. The molecule has 1 N–H and O–H groups in total. The van der Waals surface area contributed by atoms with E-state index >= 15 is 0 Å². The molecule has 3 aromatic rings. The Morgan fingerprint density at radius 2 is 1.48 bits per heavy atom. The maximum absolute atomic E-state index is 14.1. The molecule has 2 amide bonds. The van der Waals surface area contributed by atoms with Gasteiger partial charge in [-0.25, -0.2) is 8.42 Å². The highest BCUT2D eigenvalue weighted by Crippen LogP contribution is 2.30. The van der Waals surface area contributed by atoms with E-state index in [9.17, 15) is 18.0 Å². The number of anilines is 1. The van der Waals surface area contributed by atoms with Gasteiger partial charge in [-0.2, -0.15) is 0 Å². The molecule has 0 radical (unpaired) electrons. The number of nitrogens with one attached hydrogen (secondary N) is 1. The summed E-state index contributed by atoms with van der Waals surface area (Å²) in [6.45, 7) is -0.327. The van der Waals surface area contributed by atoms with Gasteiger partial charge in [0.15, 0.2) is 0 Å². The molecule has 212 valence electrons. The molecule has 0 aromatic heterocycles. The molecular weight excluding hydrogens is 526 g/mol. The summed E-state index contributed by atoms with van der Waals surface area (Å²) in [5.41, 5.74) is 2.01. The number of hydrogen-bond donors (Lipinski definition) is 1. The van der Waals surface area contributed by atoms with Gasteiger partial charge in [-0.15, -0.1) is 0 Å². The molecule has 1 fully saturated rings. The molecule has 1 saturated carbocycles. The van der Waals surface area contributed by atoms with Crippen LogP contribution in [0, 0.1) is 0 Å². The fraction of sp³-hybridized carbons (Fsp3) is 0.355. The maximum Gasteiger partial charge on any atom is 0.244 e. The lowest BCUT2D eigenvalue weighted by molar-refractivity contribution is -0.140. The van der Waals surface area contributed by atoms with Crippen molar-refractivity contribution in [3.8, 4) is 5.75 Å². The smallest absolute Gasteiger partial charge is 0.244 e. The lowest BCUT2D eigenvalue weighted by atomic mass is 10.0. The van der Waals surface area contributed by atoms with E-state index in [0.29, 0.717) is 12.2 Å². The topological polar surface area (TPSA) is 96.0 Å². The van der Waals surface area contributed by atoms with Crippen molar-refractivity contribution in [1.82, 2.24) is 10.2 Å². The minimum atomic E-state index is -3.87. The minimum absolute atomic E-state index is 0.0700. The van der Waals surface area contributed by atoms with Crippen LogP contribution in [0.2, 0.25) is 0 Å². The zero-order valence-electron chi connectivity index (χ0n) is 23.0. The zero-order valence-corrected chi connectivity index (χ0v) is 23.8. The predicted octanol–water partition coefficient (Wildman–Crippen LogP) is 4.16. The van der Waals surface area contributed by atoms with Crippen molar-refractivity contribution in [2.75, 3.05) is 24.2 Å². The van der Waals surface area contributed by atoms with E-state index in [-0.39, 0.29) is 24.2 Å². The molecule has 1 aliphatic carbocycles. The van der Waals surface area contributed by atoms with E-state index in [1.54, 1.807) is 24.3 Å². The van der Waals surface area contributed by atoms with Crippen molar-refractivity contribution in [3.63, 3.8) is 0 Å². The standard InChI is InChI=1S/C31H37N3O5S/c1-39-29-20-12-11-19-27(29)34(40(2,37)38)23-30(35)33(22-25-15-7-4-8-16-25)28(21-24-13-5-3-6-14-24)31(36)32-26-17-9-10-18-26/h3-8,11-16,19-20,26,28H,9-10,17-18,21-23H2,1-2H3,(H,32,36)/t28-/m1/s1. The van der Waals surface area contributed by atoms with Gasteiger partial charge in [0.05, 0.1) is 19.1 Å². The fourth-order valence-corrected chi connectivity index (χ4v) is 5.99. The second kappa shape index (κ2) is 13.5. The van der Waals surface area contributed by atoms with E-state index in [0.717, 1.165) is 47.4 Å². The van der Waals surface area contributed by atoms with Crippen LogP contribution < -0.4 is 14.4 Å². The number of nitrogens with zero attached hydrogens (tertiary/aromatic N) is 2. The third-order valence-electron chi connectivity index (χ3n) is 7.20. The van der Waals surface area contributed by atoms with E-state index < -0.39 is 28.5 Å². The van der Waals surface area contributed by atoms with Gasteiger partial charge in [0.2, 0.25) is 21.8 Å². The highest BCUT2D eigenvalue weighted by atomic mass is 32.2. The molecule has 3 aromatic carbocycles. The summed E-state index contributed by atoms with van der Waals surface area (Å²) < 4.78 is 32.4. The van der Waals surface area contributed by atoms with Crippen LogP contribution in [0.3, 0.4) is 0 Å². The number of ether oxygens (including phenoxy) is 1. The van der Waals surface area contributed by atoms with Crippen LogP contribution in [-0.2, 0) is 32.6 Å². The molecule has 0 heterocycles. The Kier molecular flexibility index (Phi) is 9.82. The Morgan fingerprint density at radius 1 is 0.900 bits per heavy atom. The van der Waals surface area contributed by atoms with Crippen LogP contribution in [0.25, 0.3) is 0 Å². The molecule has 1 aliphatic rings. The van der Waals surface area contributed by atoms with Crippen LogP contribution in [0.4, 0.5) is 5.69 Å². The van der Waals surface area contributed by atoms with E-state index in [1.807, 2.05) is 60.7 Å². The largest absolute Gasteiger partial charge is 0.495 e. The van der Waals surface area contributed by atoms with Crippen molar-refractivity contribution < 1.29 is 22.7 Å². The zero-order chi connectivity index (χ0) is 28.5. The van der Waals surface area contributed by atoms with Gasteiger partial charge in [0, 0.05) is 19.0 Å². The van der Waals surface area contributed by atoms with Crippen molar-refractivity contribution in [1.29, 1.82) is 0 Å². The number of carbonyl (C=O) groups excluding carboxylic acids is 2. The lowest BCUT2D eigenvalue weighted by Crippen LogP contribution is -2.54. The Balaban J connectivity index is 1.72. The molecule has 4 rings (SSSR count). The summed E-state index contributed by atoms with van der Waals surface area (Å²) in [5.74, 6) is -0.388. The molecule has 40 heavy (non-hydrogen) atoms. The van der Waals surface area contributed by atoms with Crippen molar-refractivity contribution in [2.45, 2.75) is 50.7 Å². The first-order chi connectivity index (χ1) is 19.3. The summed E-state index contributed by atoms with van der Waals surface area (Å²) in [6.07, 6.45) is 5.29. The Bertz CT molecular complexity index is 1380. The average Bonchev–Trinajstić information content (AvgIpc) is 3.47. The Hall–Kier alpha value is -3.85. The molecule has 1 atom stereocenters. The molecule has 8 nitrogen and oxygen atoms in total. The van der Waals surface area contributed by atoms with Gasteiger partial charge in [-0.05, 0) is 36.1 Å². The first kappa shape index (κ1) is 29.1. The number of hydrogen-bond acceptors (Lipinski definition) is 5. The van der Waals surface area contributed by atoms with Crippen LogP contribution in [-0.4, -0.2) is 57.1 Å². The lowest BCUT2D eigenvalue weighted by Gasteiger charge is -2.34. The van der Waals surface area contributed by atoms with Crippen molar-refractivity contribution in [2.24, 2.45) is 0 Å². The second-order valence-corrected chi connectivity index (χ2v) is 12.1. The number of sulfonamides is 1. The van der Waals surface area contributed by atoms with Gasteiger partial charge < -0.3 is 15.0 Å². The normalized spacial score (nSPS) is 14.3. The molecule has 0 aliphatic heterocycles. The van der Waals surface area contributed by atoms with Crippen LogP contribution >= 0.6 is 0 Å². The summed E-state index contributed by atoms with van der Waals surface area (Å²) in [5, 5.41) is 3.17. The number of amides is 2. The molecular formula is C31H37N3O5S. The number of para-hydroxylation sites is 2. The number of methoxy groups -OCH3 is 1. The fourth-order valence-electron chi connectivity index (χ4n) is 5.13. The Morgan fingerprint density at radius 3 is 2.08 bits per heavy atom. The van der Waals surface area contributed by atoms with E-state index in [2.05, 4.69) is 5.32 Å². The van der Waals surface area contributed by atoms with Gasteiger partial charge in [-0.1, -0.05) is 85.6 Å². The van der Waals surface area contributed by atoms with Crippen LogP contribution in [0.15, 0.2) is 84.9 Å². The third kappa shape index (κ3) is 7.63. The second-order valence-electron chi connectivity index (χ2n) is 10.1. The van der Waals surface area contributed by atoms with Gasteiger partial charge in [0.25, 0.3) is 0 Å². The first-order valence-corrected chi connectivity index (χ1v) is 15.4. The first-order valence-electron chi connectivity index (χ1n) is 13.5. The molecule has 9 heteroatoms. The summed E-state index contributed by atoms with van der Waals surface area (Å²) in [7, 11) is -2.42. The van der Waals surface area contributed by atoms with E-state index in [4.69, 9.17) is 4.74 Å². The molecule has 0 saturated heterocycles. The van der Waals surface area contributed by atoms with Gasteiger partial charge in [0.1, 0.15) is 18.3 Å². The van der Waals surface area contributed by atoms with Crippen molar-refractivity contribution >= 4 is 27.5 Å². The third-order valence-corrected chi connectivity index (χ3v) is 8.33. The predicted molar refractivity (Wildman–Crippen MR) is 157 cm³/mol. The van der Waals surface area contributed by atoms with E-state index in [1.165, 1.54) is 12.0 Å². The quantitative estimate of drug-likeness (QED) is 0.357. The minimum Gasteiger partial charge on any atom is -0.495 e. The Labute approximate surface area is 237 Å². The number of rotatable bonds is 12. The SMILES string of the molecule is COc1ccccc1N(CC(=O)N(Cc1ccccc1)[C@H](Cc1ccccc1)C(=O)NC1CCCC1)S(C)(=O)=O. The monoisotopic (exact) mass is 563 g/mol. The highest BCUT2D eigenvalue weighted by molar-refractivity contribution is 7.92. The summed E-state index contributed by atoms with van der Waals surface area (Å²) >= 11 is 0. The van der Waals surface area contributed by atoms with Crippen LogP contribution in [0.5, 0.6) is 5.75 Å². The molecule has 0 spiro atoms. The summed E-state index contributed by atoms with van der Waals surface area (Å²) in [4.78, 5) is 29.5. The van der Waals surface area contributed by atoms with Crippen molar-refractivity contribution in [3.05, 3.63) is 96.1 Å².